The average Bonchev–Trinajstić information content (AvgIpc) is 2.31. The minimum atomic E-state index is -1.12. The van der Waals surface area contributed by atoms with Crippen molar-refractivity contribution in [3.8, 4) is 0 Å². The highest BCUT2D eigenvalue weighted by Crippen LogP contribution is 2.23. The van der Waals surface area contributed by atoms with Crippen molar-refractivity contribution < 1.29 is 4.39 Å². The van der Waals surface area contributed by atoms with Gasteiger partial charge in [0.05, 0.1) is 0 Å². The van der Waals surface area contributed by atoms with E-state index in [1.165, 1.54) is 24.0 Å². The summed E-state index contributed by atoms with van der Waals surface area (Å²) in [4.78, 5) is 0. The third-order valence-corrected chi connectivity index (χ3v) is 3.64. The highest BCUT2D eigenvalue weighted by molar-refractivity contribution is 5.29. The number of halogens is 1. The van der Waals surface area contributed by atoms with Gasteiger partial charge in [-0.3, -0.25) is 0 Å². The molecular formula is C16H24FN. The molecule has 1 N–H and O–H groups in total. The van der Waals surface area contributed by atoms with E-state index in [0.717, 1.165) is 19.5 Å². The summed E-state index contributed by atoms with van der Waals surface area (Å²) in [6.45, 7) is 5.57. The van der Waals surface area contributed by atoms with Crippen LogP contribution in [-0.4, -0.2) is 18.8 Å². The standard InChI is InChI=1S/C16H24FN/c1-16(2,17)11-15-8-4-3-7-14(15)10-13-6-5-9-18-12-13/h3-4,7-8,13,18H,5-6,9-12H2,1-2H3. The number of benzene rings is 1. The molecule has 100 valence electrons. The molecule has 2 rings (SSSR count). The molecule has 1 heterocycles. The van der Waals surface area contributed by atoms with Gasteiger partial charge in [0.2, 0.25) is 0 Å². The van der Waals surface area contributed by atoms with Crippen molar-refractivity contribution >= 4 is 0 Å². The zero-order valence-electron chi connectivity index (χ0n) is 11.5. The second kappa shape index (κ2) is 5.83. The highest BCUT2D eigenvalue weighted by atomic mass is 19.1. The first-order valence-corrected chi connectivity index (χ1v) is 7.01. The Morgan fingerprint density at radius 2 is 2.00 bits per heavy atom. The Morgan fingerprint density at radius 3 is 2.61 bits per heavy atom. The van der Waals surface area contributed by atoms with Crippen molar-refractivity contribution in [2.75, 3.05) is 13.1 Å². The van der Waals surface area contributed by atoms with Crippen molar-refractivity contribution in [1.82, 2.24) is 5.32 Å². The van der Waals surface area contributed by atoms with Gasteiger partial charge in [-0.15, -0.1) is 0 Å². The van der Waals surface area contributed by atoms with Crippen LogP contribution in [0.3, 0.4) is 0 Å². The van der Waals surface area contributed by atoms with Crippen LogP contribution in [-0.2, 0) is 12.8 Å². The number of hydrogen-bond donors (Lipinski definition) is 1. The van der Waals surface area contributed by atoms with Gasteiger partial charge in [0, 0.05) is 6.42 Å². The number of rotatable bonds is 4. The Morgan fingerprint density at radius 1 is 1.28 bits per heavy atom. The number of piperidine rings is 1. The van der Waals surface area contributed by atoms with Crippen LogP contribution in [0.4, 0.5) is 4.39 Å². The van der Waals surface area contributed by atoms with Crippen LogP contribution in [0.25, 0.3) is 0 Å². The molecule has 1 aromatic rings. The fraction of sp³-hybridized carbons (Fsp3) is 0.625. The van der Waals surface area contributed by atoms with E-state index in [9.17, 15) is 4.39 Å². The molecule has 0 amide bonds. The van der Waals surface area contributed by atoms with Crippen LogP contribution in [0.5, 0.6) is 0 Å². The summed E-state index contributed by atoms with van der Waals surface area (Å²) in [5.74, 6) is 0.711. The Labute approximate surface area is 110 Å². The molecule has 1 aliphatic heterocycles. The predicted molar refractivity (Wildman–Crippen MR) is 74.6 cm³/mol. The van der Waals surface area contributed by atoms with Crippen LogP contribution in [0.2, 0.25) is 0 Å². The van der Waals surface area contributed by atoms with E-state index in [-0.39, 0.29) is 0 Å². The average molecular weight is 249 g/mol. The SMILES string of the molecule is CC(C)(F)Cc1ccccc1CC1CCCNC1. The molecule has 0 saturated carbocycles. The molecular weight excluding hydrogens is 225 g/mol. The predicted octanol–water partition coefficient (Wildman–Crippen LogP) is 3.52. The van der Waals surface area contributed by atoms with Crippen molar-refractivity contribution in [3.63, 3.8) is 0 Å². The van der Waals surface area contributed by atoms with E-state index in [1.807, 2.05) is 6.07 Å². The van der Waals surface area contributed by atoms with E-state index in [0.29, 0.717) is 12.3 Å². The lowest BCUT2D eigenvalue weighted by molar-refractivity contribution is 0.216. The zero-order chi connectivity index (χ0) is 13.0. The summed E-state index contributed by atoms with van der Waals surface area (Å²) in [6.07, 6.45) is 4.16. The molecule has 1 nitrogen and oxygen atoms in total. The molecule has 0 radical (unpaired) electrons. The zero-order valence-corrected chi connectivity index (χ0v) is 11.5. The molecule has 1 saturated heterocycles. The first-order valence-electron chi connectivity index (χ1n) is 7.01. The first kappa shape index (κ1) is 13.5. The summed E-state index contributed by atoms with van der Waals surface area (Å²) in [6, 6.07) is 8.33. The smallest absolute Gasteiger partial charge is 0.109 e. The lowest BCUT2D eigenvalue weighted by Gasteiger charge is -2.24. The summed E-state index contributed by atoms with van der Waals surface area (Å²) in [7, 11) is 0. The maximum atomic E-state index is 13.8. The normalized spacial score (nSPS) is 20.9. The van der Waals surface area contributed by atoms with Crippen molar-refractivity contribution in [1.29, 1.82) is 0 Å². The van der Waals surface area contributed by atoms with Gasteiger partial charge in [-0.25, -0.2) is 4.39 Å². The van der Waals surface area contributed by atoms with Crippen LogP contribution in [0.15, 0.2) is 24.3 Å². The van der Waals surface area contributed by atoms with Gasteiger partial charge in [-0.2, -0.15) is 0 Å². The molecule has 1 fully saturated rings. The third kappa shape index (κ3) is 4.09. The Bertz CT molecular complexity index is 375. The lowest BCUT2D eigenvalue weighted by atomic mass is 9.87. The number of nitrogens with one attached hydrogen (secondary N) is 1. The van der Waals surface area contributed by atoms with Gasteiger partial charge in [0.25, 0.3) is 0 Å². The maximum Gasteiger partial charge on any atom is 0.109 e. The van der Waals surface area contributed by atoms with E-state index in [2.05, 4.69) is 23.5 Å². The molecule has 1 unspecified atom stereocenters. The molecule has 1 aromatic carbocycles. The largest absolute Gasteiger partial charge is 0.316 e. The topological polar surface area (TPSA) is 12.0 Å². The van der Waals surface area contributed by atoms with Crippen LogP contribution in [0, 0.1) is 5.92 Å². The molecule has 0 spiro atoms. The number of hydrogen-bond acceptors (Lipinski definition) is 1. The minimum absolute atomic E-state index is 0.517. The molecule has 18 heavy (non-hydrogen) atoms. The van der Waals surface area contributed by atoms with E-state index in [1.54, 1.807) is 13.8 Å². The van der Waals surface area contributed by atoms with Crippen molar-refractivity contribution in [2.45, 2.75) is 45.2 Å². The fourth-order valence-corrected chi connectivity index (χ4v) is 2.79. The van der Waals surface area contributed by atoms with Gasteiger partial charge < -0.3 is 5.32 Å². The fourth-order valence-electron chi connectivity index (χ4n) is 2.79. The van der Waals surface area contributed by atoms with Crippen LogP contribution >= 0.6 is 0 Å². The van der Waals surface area contributed by atoms with Gasteiger partial charge in [-0.05, 0) is 63.2 Å². The van der Waals surface area contributed by atoms with Gasteiger partial charge >= 0.3 is 0 Å². The summed E-state index contributed by atoms with van der Waals surface area (Å²) < 4.78 is 13.8. The second-order valence-corrected chi connectivity index (χ2v) is 6.08. The van der Waals surface area contributed by atoms with E-state index in [4.69, 9.17) is 0 Å². The lowest BCUT2D eigenvalue weighted by Crippen LogP contribution is -2.31. The Balaban J connectivity index is 2.06. The molecule has 0 aromatic heterocycles. The van der Waals surface area contributed by atoms with Crippen LogP contribution < -0.4 is 5.32 Å². The number of alkyl halides is 1. The first-order chi connectivity index (χ1) is 8.54. The maximum absolute atomic E-state index is 13.8. The minimum Gasteiger partial charge on any atom is -0.316 e. The molecule has 1 aliphatic rings. The van der Waals surface area contributed by atoms with E-state index < -0.39 is 5.67 Å². The van der Waals surface area contributed by atoms with Gasteiger partial charge in [-0.1, -0.05) is 24.3 Å². The monoisotopic (exact) mass is 249 g/mol. The van der Waals surface area contributed by atoms with Crippen molar-refractivity contribution in [2.24, 2.45) is 5.92 Å². The molecule has 0 aliphatic carbocycles. The molecule has 0 bridgehead atoms. The van der Waals surface area contributed by atoms with Crippen LogP contribution in [0.1, 0.15) is 37.8 Å². The Kier molecular flexibility index (Phi) is 4.39. The van der Waals surface area contributed by atoms with Gasteiger partial charge in [0.1, 0.15) is 5.67 Å². The molecule has 1 atom stereocenters. The summed E-state index contributed by atoms with van der Waals surface area (Å²) in [5, 5.41) is 3.45. The summed E-state index contributed by atoms with van der Waals surface area (Å²) in [5.41, 5.74) is 1.38. The van der Waals surface area contributed by atoms with Gasteiger partial charge in [0.15, 0.2) is 0 Å². The highest BCUT2D eigenvalue weighted by Gasteiger charge is 2.20. The van der Waals surface area contributed by atoms with Crippen molar-refractivity contribution in [3.05, 3.63) is 35.4 Å². The molecule has 2 heteroatoms. The quantitative estimate of drug-likeness (QED) is 0.861. The Hall–Kier alpha value is -0.890. The summed E-state index contributed by atoms with van der Waals surface area (Å²) >= 11 is 0. The third-order valence-electron chi connectivity index (χ3n) is 3.64. The second-order valence-electron chi connectivity index (χ2n) is 6.08. The van der Waals surface area contributed by atoms with E-state index >= 15 is 0 Å².